The highest BCUT2D eigenvalue weighted by Crippen LogP contribution is 2.42. The molecule has 1 N–H and O–H groups in total. The van der Waals surface area contributed by atoms with Gasteiger partial charge in [0.2, 0.25) is 5.91 Å². The second kappa shape index (κ2) is 7.76. The van der Waals surface area contributed by atoms with Crippen molar-refractivity contribution in [3.05, 3.63) is 16.2 Å². The van der Waals surface area contributed by atoms with Gasteiger partial charge in [-0.3, -0.25) is 4.79 Å². The van der Waals surface area contributed by atoms with Crippen molar-refractivity contribution in [2.45, 2.75) is 24.9 Å². The Hall–Kier alpha value is -1.28. The summed E-state index contributed by atoms with van der Waals surface area (Å²) in [6.07, 6.45) is 3.11. The van der Waals surface area contributed by atoms with Gasteiger partial charge < -0.3 is 24.6 Å². The minimum Gasteiger partial charge on any atom is -0.486 e. The zero-order valence-electron chi connectivity index (χ0n) is 14.4. The van der Waals surface area contributed by atoms with Gasteiger partial charge in [-0.25, -0.2) is 4.98 Å². The summed E-state index contributed by atoms with van der Waals surface area (Å²) in [6, 6.07) is 0.533. The first-order chi connectivity index (χ1) is 12.6. The van der Waals surface area contributed by atoms with Crippen LogP contribution in [0.25, 0.3) is 0 Å². The third-order valence-corrected chi connectivity index (χ3v) is 5.90. The summed E-state index contributed by atoms with van der Waals surface area (Å²) in [7, 11) is 0. The fraction of sp³-hybridized carbons (Fsp3) is 0.647. The molecule has 3 aliphatic rings. The standard InChI is InChI=1S/C17H22Cl2N4O3/c18-13-7-21-17-16(15(13)19)26-10-12-8-22(4-5-23(12)17)14(24)2-6-25-9-11-1-3-20-11/h7,11-12,20H,1-6,8-10H2. The first-order valence-electron chi connectivity index (χ1n) is 8.96. The molecule has 1 aromatic heterocycles. The first kappa shape index (κ1) is 18.1. The molecule has 2 saturated heterocycles. The zero-order valence-corrected chi connectivity index (χ0v) is 15.9. The maximum absolute atomic E-state index is 12.5. The van der Waals surface area contributed by atoms with Crippen LogP contribution < -0.4 is 15.0 Å². The molecule has 0 radical (unpaired) electrons. The molecule has 142 valence electrons. The number of halogens is 2. The van der Waals surface area contributed by atoms with Gasteiger partial charge in [-0.15, -0.1) is 0 Å². The van der Waals surface area contributed by atoms with Gasteiger partial charge in [-0.05, 0) is 13.0 Å². The minimum atomic E-state index is 0.0741. The van der Waals surface area contributed by atoms with E-state index in [1.165, 1.54) is 0 Å². The molecule has 9 heteroatoms. The highest BCUT2D eigenvalue weighted by Gasteiger charge is 2.36. The van der Waals surface area contributed by atoms with E-state index < -0.39 is 0 Å². The van der Waals surface area contributed by atoms with E-state index in [0.717, 1.165) is 13.0 Å². The van der Waals surface area contributed by atoms with Crippen molar-refractivity contribution in [1.82, 2.24) is 15.2 Å². The normalized spacial score (nSPS) is 24.4. The summed E-state index contributed by atoms with van der Waals surface area (Å²) < 4.78 is 11.4. The van der Waals surface area contributed by atoms with Crippen molar-refractivity contribution in [2.24, 2.45) is 0 Å². The largest absolute Gasteiger partial charge is 0.486 e. The van der Waals surface area contributed by atoms with Crippen LogP contribution >= 0.6 is 23.2 Å². The number of hydrogen-bond donors (Lipinski definition) is 1. The Morgan fingerprint density at radius 1 is 1.42 bits per heavy atom. The third kappa shape index (κ3) is 3.58. The average Bonchev–Trinajstić information content (AvgIpc) is 2.62. The number of piperazine rings is 1. The number of pyridine rings is 1. The van der Waals surface area contributed by atoms with E-state index in [4.69, 9.17) is 32.7 Å². The minimum absolute atomic E-state index is 0.0741. The van der Waals surface area contributed by atoms with Gasteiger partial charge in [0.05, 0.1) is 30.7 Å². The Kier molecular flexibility index (Phi) is 5.40. The molecule has 0 aliphatic carbocycles. The van der Waals surface area contributed by atoms with Crippen molar-refractivity contribution in [2.75, 3.05) is 50.9 Å². The van der Waals surface area contributed by atoms with E-state index in [9.17, 15) is 4.79 Å². The number of aromatic nitrogens is 1. The maximum Gasteiger partial charge on any atom is 0.225 e. The molecule has 4 rings (SSSR count). The van der Waals surface area contributed by atoms with Crippen molar-refractivity contribution >= 4 is 34.9 Å². The quantitative estimate of drug-likeness (QED) is 0.756. The summed E-state index contributed by atoms with van der Waals surface area (Å²) in [5, 5.41) is 4.06. The molecule has 4 heterocycles. The molecule has 1 aromatic rings. The summed E-state index contributed by atoms with van der Waals surface area (Å²) in [6.45, 7) is 4.65. The second-order valence-electron chi connectivity index (χ2n) is 6.84. The van der Waals surface area contributed by atoms with Crippen LogP contribution in [0, 0.1) is 0 Å². The highest BCUT2D eigenvalue weighted by atomic mass is 35.5. The Morgan fingerprint density at radius 2 is 2.27 bits per heavy atom. The van der Waals surface area contributed by atoms with E-state index in [-0.39, 0.29) is 11.9 Å². The third-order valence-electron chi connectivity index (χ3n) is 5.14. The molecule has 2 atom stereocenters. The molecule has 0 bridgehead atoms. The summed E-state index contributed by atoms with van der Waals surface area (Å²) >= 11 is 12.2. The molecular formula is C17H22Cl2N4O3. The average molecular weight is 401 g/mol. The van der Waals surface area contributed by atoms with Gasteiger partial charge in [-0.2, -0.15) is 0 Å². The summed E-state index contributed by atoms with van der Waals surface area (Å²) in [5.41, 5.74) is 0. The lowest BCUT2D eigenvalue weighted by Crippen LogP contribution is -2.58. The molecule has 2 unspecified atom stereocenters. The van der Waals surface area contributed by atoms with E-state index in [2.05, 4.69) is 15.2 Å². The lowest BCUT2D eigenvalue weighted by atomic mass is 10.1. The predicted octanol–water partition coefficient (Wildman–Crippen LogP) is 1.57. The van der Waals surface area contributed by atoms with Crippen LogP contribution in [0.4, 0.5) is 5.82 Å². The smallest absolute Gasteiger partial charge is 0.225 e. The fourth-order valence-electron chi connectivity index (χ4n) is 3.49. The van der Waals surface area contributed by atoms with Gasteiger partial charge in [0.25, 0.3) is 0 Å². The number of nitrogens with one attached hydrogen (secondary N) is 1. The van der Waals surface area contributed by atoms with Gasteiger partial charge in [0, 0.05) is 31.9 Å². The Labute approximate surface area is 162 Å². The van der Waals surface area contributed by atoms with Crippen LogP contribution in [-0.4, -0.2) is 73.9 Å². The van der Waals surface area contributed by atoms with Crippen LogP contribution in [-0.2, 0) is 9.53 Å². The number of fused-ring (bicyclic) bond motifs is 3. The summed E-state index contributed by atoms with van der Waals surface area (Å²) in [5.74, 6) is 1.37. The van der Waals surface area contributed by atoms with Crippen LogP contribution in [0.1, 0.15) is 12.8 Å². The van der Waals surface area contributed by atoms with Crippen LogP contribution in [0.5, 0.6) is 5.75 Å². The van der Waals surface area contributed by atoms with Crippen LogP contribution in [0.3, 0.4) is 0 Å². The molecule has 7 nitrogen and oxygen atoms in total. The molecule has 3 aliphatic heterocycles. The lowest BCUT2D eigenvalue weighted by Gasteiger charge is -2.44. The van der Waals surface area contributed by atoms with Crippen molar-refractivity contribution < 1.29 is 14.3 Å². The number of ether oxygens (including phenoxy) is 2. The molecule has 0 aromatic carbocycles. The van der Waals surface area contributed by atoms with Crippen LogP contribution in [0.15, 0.2) is 6.20 Å². The van der Waals surface area contributed by atoms with Gasteiger partial charge in [0.1, 0.15) is 11.6 Å². The van der Waals surface area contributed by atoms with E-state index in [1.54, 1.807) is 6.20 Å². The first-order valence-corrected chi connectivity index (χ1v) is 9.71. The SMILES string of the molecule is O=C(CCOCC1CCN1)N1CCN2c3ncc(Cl)c(Cl)c3OCC2C1. The number of carbonyl (C=O) groups excluding carboxylic acids is 1. The molecule has 2 fully saturated rings. The molecule has 1 amide bonds. The van der Waals surface area contributed by atoms with E-state index >= 15 is 0 Å². The molecule has 26 heavy (non-hydrogen) atoms. The van der Waals surface area contributed by atoms with Crippen molar-refractivity contribution in [3.8, 4) is 5.75 Å². The second-order valence-corrected chi connectivity index (χ2v) is 7.62. The maximum atomic E-state index is 12.5. The predicted molar refractivity (Wildman–Crippen MR) is 99.3 cm³/mol. The monoisotopic (exact) mass is 400 g/mol. The number of hydrogen-bond acceptors (Lipinski definition) is 6. The van der Waals surface area contributed by atoms with E-state index in [1.807, 2.05) is 4.90 Å². The molecular weight excluding hydrogens is 379 g/mol. The van der Waals surface area contributed by atoms with Crippen LogP contribution in [0.2, 0.25) is 10.0 Å². The number of carbonyl (C=O) groups is 1. The summed E-state index contributed by atoms with van der Waals surface area (Å²) in [4.78, 5) is 20.9. The van der Waals surface area contributed by atoms with Crippen molar-refractivity contribution in [3.63, 3.8) is 0 Å². The number of rotatable bonds is 5. The van der Waals surface area contributed by atoms with Crippen molar-refractivity contribution in [1.29, 1.82) is 0 Å². The topological polar surface area (TPSA) is 66.9 Å². The van der Waals surface area contributed by atoms with Gasteiger partial charge in [-0.1, -0.05) is 23.2 Å². The lowest BCUT2D eigenvalue weighted by molar-refractivity contribution is -0.133. The van der Waals surface area contributed by atoms with Gasteiger partial charge in [0.15, 0.2) is 11.6 Å². The number of nitrogens with zero attached hydrogens (tertiary/aromatic N) is 3. The van der Waals surface area contributed by atoms with Gasteiger partial charge >= 0.3 is 0 Å². The Morgan fingerprint density at radius 3 is 3.04 bits per heavy atom. The highest BCUT2D eigenvalue weighted by molar-refractivity contribution is 6.43. The number of amides is 1. The zero-order chi connectivity index (χ0) is 18.1. The fourth-order valence-corrected chi connectivity index (χ4v) is 3.81. The Bertz CT molecular complexity index is 686. The number of anilines is 1. The Balaban J connectivity index is 1.30. The molecule has 0 spiro atoms. The van der Waals surface area contributed by atoms with E-state index in [0.29, 0.717) is 73.5 Å². The molecule has 0 saturated carbocycles.